The molecule has 30 heavy (non-hydrogen) atoms. The van der Waals surface area contributed by atoms with E-state index in [9.17, 15) is 9.59 Å². The van der Waals surface area contributed by atoms with E-state index in [1.165, 1.54) is 23.1 Å². The number of rotatable bonds is 8. The minimum Gasteiger partial charge on any atom is -0.494 e. The Morgan fingerprint density at radius 3 is 2.60 bits per heavy atom. The van der Waals surface area contributed by atoms with Crippen molar-refractivity contribution in [1.82, 2.24) is 9.88 Å². The van der Waals surface area contributed by atoms with Gasteiger partial charge in [0.25, 0.3) is 0 Å². The van der Waals surface area contributed by atoms with Crippen LogP contribution < -0.4 is 10.1 Å². The van der Waals surface area contributed by atoms with Gasteiger partial charge in [-0.05, 0) is 56.9 Å². The van der Waals surface area contributed by atoms with E-state index in [4.69, 9.17) is 4.74 Å². The number of hydrogen-bond acceptors (Lipinski definition) is 6. The molecule has 1 saturated heterocycles. The summed E-state index contributed by atoms with van der Waals surface area (Å²) in [5.74, 6) is 2.10. The number of benzene rings is 1. The molecular formula is C22H29N3O3S2. The summed E-state index contributed by atoms with van der Waals surface area (Å²) in [4.78, 5) is 32.1. The summed E-state index contributed by atoms with van der Waals surface area (Å²) in [6, 6.07) is 7.79. The van der Waals surface area contributed by atoms with Crippen LogP contribution in [0.25, 0.3) is 11.3 Å². The van der Waals surface area contributed by atoms with Crippen LogP contribution in [0, 0.1) is 12.8 Å². The van der Waals surface area contributed by atoms with E-state index in [0.29, 0.717) is 23.4 Å². The third-order valence-corrected chi connectivity index (χ3v) is 6.88. The summed E-state index contributed by atoms with van der Waals surface area (Å²) < 4.78 is 5.48. The lowest BCUT2D eigenvalue weighted by Gasteiger charge is -2.30. The largest absolute Gasteiger partial charge is 0.494 e. The monoisotopic (exact) mass is 447 g/mol. The number of nitrogens with one attached hydrogen (secondary N) is 1. The lowest BCUT2D eigenvalue weighted by Crippen LogP contribution is -2.39. The van der Waals surface area contributed by atoms with E-state index in [2.05, 4.69) is 17.2 Å². The Morgan fingerprint density at radius 1 is 1.23 bits per heavy atom. The van der Waals surface area contributed by atoms with Crippen LogP contribution >= 0.6 is 23.1 Å². The van der Waals surface area contributed by atoms with Crippen molar-refractivity contribution >= 4 is 40.0 Å². The van der Waals surface area contributed by atoms with E-state index in [0.717, 1.165) is 47.8 Å². The average molecular weight is 448 g/mol. The summed E-state index contributed by atoms with van der Waals surface area (Å²) in [6.07, 6.45) is 2.13. The van der Waals surface area contributed by atoms with Crippen molar-refractivity contribution in [3.63, 3.8) is 0 Å². The van der Waals surface area contributed by atoms with Gasteiger partial charge in [-0.3, -0.25) is 9.59 Å². The number of thiazole rings is 1. The minimum absolute atomic E-state index is 0.127. The standard InChI is InChI=1S/C22H29N3O3S2/c1-4-28-18-7-5-17(6-8-18)21-16(3)30-22(24-21)23-19(26)13-29-14-20(27)25-11-9-15(2)10-12-25/h5-8,15H,4,9-14H2,1-3H3,(H,23,24,26). The number of thioether (sulfide) groups is 1. The second kappa shape index (κ2) is 10.8. The molecule has 2 heterocycles. The highest BCUT2D eigenvalue weighted by atomic mass is 32.2. The average Bonchev–Trinajstić information content (AvgIpc) is 3.09. The maximum atomic E-state index is 12.3. The fraction of sp³-hybridized carbons (Fsp3) is 0.500. The Morgan fingerprint density at radius 2 is 1.93 bits per heavy atom. The van der Waals surface area contributed by atoms with Gasteiger partial charge in [0.15, 0.2) is 5.13 Å². The van der Waals surface area contributed by atoms with Gasteiger partial charge in [0.1, 0.15) is 5.75 Å². The smallest absolute Gasteiger partial charge is 0.236 e. The molecule has 0 aliphatic carbocycles. The highest BCUT2D eigenvalue weighted by Gasteiger charge is 2.20. The number of likely N-dealkylation sites (tertiary alicyclic amines) is 1. The molecule has 1 fully saturated rings. The molecule has 0 spiro atoms. The van der Waals surface area contributed by atoms with E-state index in [1.54, 1.807) is 0 Å². The molecule has 6 nitrogen and oxygen atoms in total. The van der Waals surface area contributed by atoms with Gasteiger partial charge in [0.2, 0.25) is 11.8 Å². The Hall–Kier alpha value is -2.06. The van der Waals surface area contributed by atoms with Gasteiger partial charge in [-0.2, -0.15) is 0 Å². The van der Waals surface area contributed by atoms with Crippen molar-refractivity contribution in [3.05, 3.63) is 29.1 Å². The van der Waals surface area contributed by atoms with Crippen LogP contribution in [-0.4, -0.2) is 52.9 Å². The second-order valence-corrected chi connectivity index (χ2v) is 9.67. The molecule has 8 heteroatoms. The Balaban J connectivity index is 1.47. The van der Waals surface area contributed by atoms with Crippen LogP contribution in [-0.2, 0) is 9.59 Å². The van der Waals surface area contributed by atoms with Gasteiger partial charge in [-0.1, -0.05) is 6.92 Å². The van der Waals surface area contributed by atoms with Gasteiger partial charge in [0, 0.05) is 23.5 Å². The molecule has 0 radical (unpaired) electrons. The number of aromatic nitrogens is 1. The minimum atomic E-state index is -0.132. The number of carbonyl (C=O) groups is 2. The molecule has 0 bridgehead atoms. The van der Waals surface area contributed by atoms with Crippen molar-refractivity contribution in [2.45, 2.75) is 33.6 Å². The summed E-state index contributed by atoms with van der Waals surface area (Å²) in [6.45, 7) is 8.47. The molecule has 0 saturated carbocycles. The predicted molar refractivity (Wildman–Crippen MR) is 124 cm³/mol. The van der Waals surface area contributed by atoms with Crippen LogP contribution in [0.3, 0.4) is 0 Å². The predicted octanol–water partition coefficient (Wildman–Crippen LogP) is 4.45. The lowest BCUT2D eigenvalue weighted by molar-refractivity contribution is -0.129. The molecule has 162 valence electrons. The molecule has 1 aromatic carbocycles. The number of hydrogen-bond donors (Lipinski definition) is 1. The van der Waals surface area contributed by atoms with E-state index < -0.39 is 0 Å². The third-order valence-electron chi connectivity index (χ3n) is 5.08. The van der Waals surface area contributed by atoms with Gasteiger partial charge in [-0.25, -0.2) is 4.98 Å². The maximum absolute atomic E-state index is 12.3. The number of amides is 2. The second-order valence-electron chi connectivity index (χ2n) is 7.49. The maximum Gasteiger partial charge on any atom is 0.236 e. The first-order valence-corrected chi connectivity index (χ1v) is 12.3. The summed E-state index contributed by atoms with van der Waals surface area (Å²) in [7, 11) is 0. The summed E-state index contributed by atoms with van der Waals surface area (Å²) in [5.41, 5.74) is 1.85. The van der Waals surface area contributed by atoms with Crippen molar-refractivity contribution < 1.29 is 14.3 Å². The highest BCUT2D eigenvalue weighted by Crippen LogP contribution is 2.31. The van der Waals surface area contributed by atoms with E-state index in [-0.39, 0.29) is 17.6 Å². The SMILES string of the molecule is CCOc1ccc(-c2nc(NC(=O)CSCC(=O)N3CCC(C)CC3)sc2C)cc1. The number of anilines is 1. The summed E-state index contributed by atoms with van der Waals surface area (Å²) in [5, 5.41) is 3.44. The Kier molecular flexibility index (Phi) is 8.16. The highest BCUT2D eigenvalue weighted by molar-refractivity contribution is 8.00. The van der Waals surface area contributed by atoms with Crippen LogP contribution in [0.5, 0.6) is 5.75 Å². The number of piperidine rings is 1. The molecule has 1 N–H and O–H groups in total. The van der Waals surface area contributed by atoms with E-state index >= 15 is 0 Å². The van der Waals surface area contributed by atoms with Crippen LogP contribution in [0.15, 0.2) is 24.3 Å². The number of nitrogens with zero attached hydrogens (tertiary/aromatic N) is 2. The molecule has 0 unspecified atom stereocenters. The van der Waals surface area contributed by atoms with Crippen molar-refractivity contribution in [2.75, 3.05) is 36.5 Å². The topological polar surface area (TPSA) is 71.5 Å². The van der Waals surface area contributed by atoms with Crippen LogP contribution in [0.1, 0.15) is 31.6 Å². The van der Waals surface area contributed by atoms with Gasteiger partial charge < -0.3 is 15.0 Å². The normalized spacial score (nSPS) is 14.6. The molecule has 2 aromatic rings. The van der Waals surface area contributed by atoms with Gasteiger partial charge in [0.05, 0.1) is 23.8 Å². The van der Waals surface area contributed by atoms with E-state index in [1.807, 2.05) is 43.0 Å². The zero-order valence-electron chi connectivity index (χ0n) is 17.8. The summed E-state index contributed by atoms with van der Waals surface area (Å²) >= 11 is 2.81. The first-order chi connectivity index (χ1) is 14.5. The fourth-order valence-corrected chi connectivity index (χ4v) is 4.90. The Labute approximate surface area is 186 Å². The molecule has 1 aliphatic rings. The molecule has 2 amide bonds. The lowest BCUT2D eigenvalue weighted by atomic mass is 9.99. The van der Waals surface area contributed by atoms with Crippen molar-refractivity contribution in [2.24, 2.45) is 5.92 Å². The molecule has 0 atom stereocenters. The zero-order chi connectivity index (χ0) is 21.5. The molecule has 1 aliphatic heterocycles. The number of ether oxygens (including phenoxy) is 1. The zero-order valence-corrected chi connectivity index (χ0v) is 19.4. The first kappa shape index (κ1) is 22.6. The number of aryl methyl sites for hydroxylation is 1. The third kappa shape index (κ3) is 6.22. The van der Waals surface area contributed by atoms with Gasteiger partial charge >= 0.3 is 0 Å². The Bertz CT molecular complexity index is 859. The fourth-order valence-electron chi connectivity index (χ4n) is 3.33. The quantitative estimate of drug-likeness (QED) is 0.647. The molecule has 1 aromatic heterocycles. The van der Waals surface area contributed by atoms with Crippen molar-refractivity contribution in [3.8, 4) is 17.0 Å². The van der Waals surface area contributed by atoms with Crippen LogP contribution in [0.2, 0.25) is 0 Å². The molecule has 3 rings (SSSR count). The van der Waals surface area contributed by atoms with Crippen molar-refractivity contribution in [1.29, 1.82) is 0 Å². The van der Waals surface area contributed by atoms with Gasteiger partial charge in [-0.15, -0.1) is 23.1 Å². The molecular weight excluding hydrogens is 418 g/mol. The number of carbonyl (C=O) groups excluding carboxylic acids is 2. The van der Waals surface area contributed by atoms with Crippen LogP contribution in [0.4, 0.5) is 5.13 Å². The first-order valence-electron chi connectivity index (χ1n) is 10.3.